The largest absolute Gasteiger partial charge is 0.497 e. The second kappa shape index (κ2) is 10.6. The second-order valence-electron chi connectivity index (χ2n) is 11.7. The highest BCUT2D eigenvalue weighted by molar-refractivity contribution is 5.70. The van der Waals surface area contributed by atoms with Gasteiger partial charge < -0.3 is 14.6 Å². The molecule has 4 nitrogen and oxygen atoms in total. The lowest BCUT2D eigenvalue weighted by molar-refractivity contribution is -0.137. The molecule has 0 radical (unpaired) electrons. The minimum Gasteiger partial charge on any atom is -0.497 e. The van der Waals surface area contributed by atoms with Crippen LogP contribution in [0, 0.1) is 16.6 Å². The van der Waals surface area contributed by atoms with Crippen LogP contribution in [0.4, 0.5) is 4.39 Å². The molecule has 0 bridgehead atoms. The monoisotopic (exact) mass is 504 g/mol. The molecule has 0 saturated heterocycles. The standard InChI is InChI=1S/C32H37FO4/c1-31(2,3)19-23-15-21(9-11-26(23)27-17-24(36-5)10-12-29(27)33)20-37-25-8-6-7-22(16-25)28(18-30(34)35)32(4)13-14-32/h6-12,15-17,28H,13-14,18-20H2,1-5H3,(H,34,35)/t28-/m0/s1. The van der Waals surface area contributed by atoms with Crippen molar-refractivity contribution < 1.29 is 23.8 Å². The molecule has 1 saturated carbocycles. The Kier molecular flexibility index (Phi) is 7.63. The Hall–Kier alpha value is -3.34. The van der Waals surface area contributed by atoms with Gasteiger partial charge in [-0.1, -0.05) is 58.0 Å². The Morgan fingerprint density at radius 3 is 2.43 bits per heavy atom. The number of halogens is 1. The molecule has 3 aromatic rings. The number of hydrogen-bond acceptors (Lipinski definition) is 3. The van der Waals surface area contributed by atoms with Crippen LogP contribution >= 0.6 is 0 Å². The molecule has 4 rings (SSSR count). The van der Waals surface area contributed by atoms with E-state index < -0.39 is 5.97 Å². The summed E-state index contributed by atoms with van der Waals surface area (Å²) in [6.45, 7) is 9.03. The highest BCUT2D eigenvalue weighted by Gasteiger charge is 2.46. The fraction of sp³-hybridized carbons (Fsp3) is 0.406. The Morgan fingerprint density at radius 2 is 1.78 bits per heavy atom. The van der Waals surface area contributed by atoms with E-state index in [0.29, 0.717) is 17.9 Å². The van der Waals surface area contributed by atoms with E-state index in [1.54, 1.807) is 19.2 Å². The van der Waals surface area contributed by atoms with Crippen LogP contribution in [0.5, 0.6) is 11.5 Å². The maximum Gasteiger partial charge on any atom is 0.303 e. The number of benzene rings is 3. The van der Waals surface area contributed by atoms with Gasteiger partial charge in [0.1, 0.15) is 23.9 Å². The van der Waals surface area contributed by atoms with Crippen LogP contribution in [0.3, 0.4) is 0 Å². The molecule has 196 valence electrons. The van der Waals surface area contributed by atoms with E-state index >= 15 is 0 Å². The zero-order valence-electron chi connectivity index (χ0n) is 22.4. The van der Waals surface area contributed by atoms with Gasteiger partial charge in [0.05, 0.1) is 13.5 Å². The molecule has 1 aliphatic rings. The molecular formula is C32H37FO4. The Morgan fingerprint density at radius 1 is 1.03 bits per heavy atom. The molecular weight excluding hydrogens is 467 g/mol. The summed E-state index contributed by atoms with van der Waals surface area (Å²) in [4.78, 5) is 11.5. The molecule has 0 unspecified atom stereocenters. The number of ether oxygens (including phenoxy) is 2. The third-order valence-corrected chi connectivity index (χ3v) is 7.28. The first-order valence-corrected chi connectivity index (χ1v) is 12.9. The number of hydrogen-bond donors (Lipinski definition) is 1. The molecule has 1 atom stereocenters. The third-order valence-electron chi connectivity index (χ3n) is 7.28. The summed E-state index contributed by atoms with van der Waals surface area (Å²) < 4.78 is 26.3. The quantitative estimate of drug-likeness (QED) is 0.304. The topological polar surface area (TPSA) is 55.8 Å². The van der Waals surface area contributed by atoms with E-state index in [1.807, 2.05) is 36.4 Å². The van der Waals surface area contributed by atoms with Crippen molar-refractivity contribution in [1.82, 2.24) is 0 Å². The number of carboxylic acids is 1. The maximum absolute atomic E-state index is 14.8. The predicted octanol–water partition coefficient (Wildman–Crippen LogP) is 8.03. The molecule has 0 amide bonds. The van der Waals surface area contributed by atoms with Gasteiger partial charge in [0.25, 0.3) is 0 Å². The molecule has 5 heteroatoms. The Balaban J connectivity index is 1.58. The summed E-state index contributed by atoms with van der Waals surface area (Å²) in [5.41, 5.74) is 4.49. The third kappa shape index (κ3) is 6.71. The summed E-state index contributed by atoms with van der Waals surface area (Å²) in [6.07, 6.45) is 3.00. The maximum atomic E-state index is 14.8. The molecule has 3 aromatic carbocycles. The molecule has 0 heterocycles. The first-order valence-electron chi connectivity index (χ1n) is 12.9. The van der Waals surface area contributed by atoms with Crippen LogP contribution in [-0.2, 0) is 17.8 Å². The average molecular weight is 505 g/mol. The van der Waals surface area contributed by atoms with E-state index in [4.69, 9.17) is 9.47 Å². The first kappa shape index (κ1) is 26.7. The van der Waals surface area contributed by atoms with E-state index in [9.17, 15) is 14.3 Å². The zero-order chi connectivity index (χ0) is 26.8. The molecule has 0 spiro atoms. The van der Waals surface area contributed by atoms with Gasteiger partial charge >= 0.3 is 5.97 Å². The lowest BCUT2D eigenvalue weighted by atomic mass is 9.82. The lowest BCUT2D eigenvalue weighted by Gasteiger charge is -2.23. The van der Waals surface area contributed by atoms with Crippen molar-refractivity contribution >= 4 is 5.97 Å². The highest BCUT2D eigenvalue weighted by atomic mass is 19.1. The lowest BCUT2D eigenvalue weighted by Crippen LogP contribution is -2.15. The van der Waals surface area contributed by atoms with Crippen molar-refractivity contribution in [3.63, 3.8) is 0 Å². The molecule has 37 heavy (non-hydrogen) atoms. The van der Waals surface area contributed by atoms with Crippen LogP contribution in [0.1, 0.15) is 69.6 Å². The number of methoxy groups -OCH3 is 1. The highest BCUT2D eigenvalue weighted by Crippen LogP contribution is 2.57. The van der Waals surface area contributed by atoms with Gasteiger partial charge in [-0.2, -0.15) is 0 Å². The van der Waals surface area contributed by atoms with E-state index in [0.717, 1.165) is 47.3 Å². The molecule has 1 N–H and O–H groups in total. The minimum absolute atomic E-state index is 0.00990. The smallest absolute Gasteiger partial charge is 0.303 e. The van der Waals surface area contributed by atoms with Gasteiger partial charge in [0, 0.05) is 5.56 Å². The van der Waals surface area contributed by atoms with Crippen molar-refractivity contribution in [2.24, 2.45) is 10.8 Å². The number of carbonyl (C=O) groups is 1. The number of carboxylic acid groups (broad SMARTS) is 1. The van der Waals surface area contributed by atoms with Crippen molar-refractivity contribution in [3.05, 3.63) is 83.2 Å². The van der Waals surface area contributed by atoms with Gasteiger partial charge in [0.15, 0.2) is 0 Å². The SMILES string of the molecule is COc1ccc(F)c(-c2ccc(COc3cccc([C@H](CC(=O)O)C4(C)CC4)c3)cc2CC(C)(C)C)c1. The Bertz CT molecular complexity index is 1270. The summed E-state index contributed by atoms with van der Waals surface area (Å²) in [7, 11) is 1.58. The van der Waals surface area contributed by atoms with Gasteiger partial charge in [-0.25, -0.2) is 4.39 Å². The molecule has 1 fully saturated rings. The van der Waals surface area contributed by atoms with Crippen molar-refractivity contribution in [2.45, 2.75) is 65.9 Å². The van der Waals surface area contributed by atoms with Crippen LogP contribution in [-0.4, -0.2) is 18.2 Å². The first-order chi connectivity index (χ1) is 17.5. The van der Waals surface area contributed by atoms with E-state index in [1.165, 1.54) is 6.07 Å². The van der Waals surface area contributed by atoms with Gasteiger partial charge in [-0.05, 0) is 88.6 Å². The van der Waals surface area contributed by atoms with Crippen LogP contribution in [0.15, 0.2) is 60.7 Å². The van der Waals surface area contributed by atoms with E-state index in [-0.39, 0.29) is 29.0 Å². The van der Waals surface area contributed by atoms with Gasteiger partial charge in [-0.3, -0.25) is 4.79 Å². The summed E-state index contributed by atoms with van der Waals surface area (Å²) in [6, 6.07) is 18.7. The number of rotatable bonds is 10. The molecule has 0 aromatic heterocycles. The van der Waals surface area contributed by atoms with Crippen molar-refractivity contribution in [3.8, 4) is 22.6 Å². The summed E-state index contributed by atoms with van der Waals surface area (Å²) in [5.74, 6) is 0.258. The van der Waals surface area contributed by atoms with Gasteiger partial charge in [-0.15, -0.1) is 0 Å². The van der Waals surface area contributed by atoms with Crippen molar-refractivity contribution in [2.75, 3.05) is 7.11 Å². The summed E-state index contributed by atoms with van der Waals surface area (Å²) in [5, 5.41) is 9.45. The average Bonchev–Trinajstić information content (AvgIpc) is 3.59. The fourth-order valence-electron chi connectivity index (χ4n) is 5.03. The van der Waals surface area contributed by atoms with Crippen molar-refractivity contribution in [1.29, 1.82) is 0 Å². The Labute approximate surface area is 219 Å². The number of aliphatic carboxylic acids is 1. The van der Waals surface area contributed by atoms with Crippen LogP contribution < -0.4 is 9.47 Å². The predicted molar refractivity (Wildman–Crippen MR) is 145 cm³/mol. The molecule has 0 aliphatic heterocycles. The van der Waals surface area contributed by atoms with E-state index in [2.05, 4.69) is 33.8 Å². The van der Waals surface area contributed by atoms with Crippen LogP contribution in [0.25, 0.3) is 11.1 Å². The minimum atomic E-state index is -0.775. The second-order valence-corrected chi connectivity index (χ2v) is 11.7. The zero-order valence-corrected chi connectivity index (χ0v) is 22.4. The molecule has 1 aliphatic carbocycles. The van der Waals surface area contributed by atoms with Gasteiger partial charge in [0.2, 0.25) is 0 Å². The normalized spacial score (nSPS) is 15.2. The van der Waals surface area contributed by atoms with Crippen LogP contribution in [0.2, 0.25) is 0 Å². The summed E-state index contributed by atoms with van der Waals surface area (Å²) >= 11 is 0. The fourth-order valence-corrected chi connectivity index (χ4v) is 5.03.